The molecule has 0 amide bonds. The highest BCUT2D eigenvalue weighted by Crippen LogP contribution is 2.35. The highest BCUT2D eigenvalue weighted by atomic mass is 16.5. The first-order valence-corrected chi connectivity index (χ1v) is 11.2. The van der Waals surface area contributed by atoms with E-state index in [1.165, 1.54) is 12.8 Å². The largest absolute Gasteiger partial charge is 0.466 e. The third kappa shape index (κ3) is 6.91. The molecule has 3 fully saturated rings. The second-order valence-corrected chi connectivity index (χ2v) is 7.79. The first-order valence-electron chi connectivity index (χ1n) is 11.2. The van der Waals surface area contributed by atoms with Gasteiger partial charge in [0.1, 0.15) is 6.04 Å². The zero-order chi connectivity index (χ0) is 22.0. The van der Waals surface area contributed by atoms with E-state index in [9.17, 15) is 9.59 Å². The molecule has 2 saturated heterocycles. The number of likely N-dealkylation sites (N-methyl/N-ethyl adjacent to an activating group) is 1. The van der Waals surface area contributed by atoms with Crippen molar-refractivity contribution in [3.63, 3.8) is 0 Å². The van der Waals surface area contributed by atoms with E-state index in [0.717, 1.165) is 6.42 Å². The van der Waals surface area contributed by atoms with Crippen molar-refractivity contribution in [2.75, 3.05) is 26.8 Å². The first-order chi connectivity index (χ1) is 13.9. The van der Waals surface area contributed by atoms with Crippen molar-refractivity contribution in [2.45, 2.75) is 78.9 Å². The number of esters is 2. The van der Waals surface area contributed by atoms with Crippen LogP contribution in [0.3, 0.4) is 0 Å². The summed E-state index contributed by atoms with van der Waals surface area (Å²) in [7, 11) is 1.93. The summed E-state index contributed by atoms with van der Waals surface area (Å²) in [4.78, 5) is 23.2. The van der Waals surface area contributed by atoms with Gasteiger partial charge in [0.05, 0.1) is 19.1 Å². The van der Waals surface area contributed by atoms with Crippen LogP contribution in [0.15, 0.2) is 0 Å². The average Bonchev–Trinajstić information content (AvgIpc) is 3.39. The average molecular weight is 415 g/mol. The van der Waals surface area contributed by atoms with Gasteiger partial charge in [-0.2, -0.15) is 0 Å². The van der Waals surface area contributed by atoms with Crippen molar-refractivity contribution in [1.82, 2.24) is 21.3 Å². The third-order valence-corrected chi connectivity index (χ3v) is 5.62. The highest BCUT2D eigenvalue weighted by molar-refractivity contribution is 5.76. The Kier molecular flexibility index (Phi) is 11.7. The summed E-state index contributed by atoms with van der Waals surface area (Å²) < 4.78 is 10.1. The molecule has 1 aliphatic carbocycles. The lowest BCUT2D eigenvalue weighted by Gasteiger charge is -2.20. The summed E-state index contributed by atoms with van der Waals surface area (Å²) in [6.07, 6.45) is 3.56. The first kappa shape index (κ1) is 25.8. The lowest BCUT2D eigenvalue weighted by Crippen LogP contribution is -2.41. The van der Waals surface area contributed by atoms with Crippen LogP contribution < -0.4 is 16.3 Å². The second kappa shape index (κ2) is 13.2. The molecule has 0 aromatic heterocycles. The molecule has 0 aromatic rings. The Morgan fingerprint density at radius 3 is 2.28 bits per heavy atom. The zero-order valence-electron chi connectivity index (χ0n) is 19.3. The van der Waals surface area contributed by atoms with Crippen molar-refractivity contribution in [1.29, 1.82) is 0 Å². The topological polar surface area (TPSA) is 91.9 Å². The summed E-state index contributed by atoms with van der Waals surface area (Å²) in [5.41, 5.74) is 9.42. The molecule has 8 nitrogen and oxygen atoms in total. The molecule has 3 aliphatic rings. The molecule has 0 bridgehead atoms. The molecule has 0 radical (unpaired) electrons. The van der Waals surface area contributed by atoms with Crippen LogP contribution in [-0.4, -0.2) is 61.9 Å². The maximum atomic E-state index is 11.7. The fourth-order valence-electron chi connectivity index (χ4n) is 4.34. The number of ether oxygens (including phenoxy) is 2. The molecule has 5 atom stereocenters. The smallest absolute Gasteiger partial charge is 0.325 e. The fraction of sp³-hybridized carbons (Fsp3) is 0.905. The summed E-state index contributed by atoms with van der Waals surface area (Å²) in [5.74, 6) is 0.680. The van der Waals surface area contributed by atoms with E-state index >= 15 is 0 Å². The molecule has 2 heterocycles. The Labute approximate surface area is 176 Å². The summed E-state index contributed by atoms with van der Waals surface area (Å²) in [6, 6.07) is 0.621. The minimum Gasteiger partial charge on any atom is -0.466 e. The van der Waals surface area contributed by atoms with Gasteiger partial charge in [-0.1, -0.05) is 34.1 Å². The molecule has 170 valence electrons. The zero-order valence-corrected chi connectivity index (χ0v) is 19.3. The van der Waals surface area contributed by atoms with E-state index in [-0.39, 0.29) is 29.9 Å². The Morgan fingerprint density at radius 1 is 1.07 bits per heavy atom. The quantitative estimate of drug-likeness (QED) is 0.587. The predicted molar refractivity (Wildman–Crippen MR) is 114 cm³/mol. The number of hydrogen-bond acceptors (Lipinski definition) is 8. The molecule has 0 aromatic carbocycles. The van der Waals surface area contributed by atoms with Gasteiger partial charge in [-0.3, -0.25) is 25.9 Å². The molecule has 8 heteroatoms. The third-order valence-electron chi connectivity index (χ3n) is 5.62. The van der Waals surface area contributed by atoms with Crippen molar-refractivity contribution in [2.24, 2.45) is 17.8 Å². The van der Waals surface area contributed by atoms with Gasteiger partial charge in [-0.25, -0.2) is 5.01 Å². The Hall–Kier alpha value is -1.22. The van der Waals surface area contributed by atoms with Gasteiger partial charge in [0.2, 0.25) is 0 Å². The van der Waals surface area contributed by atoms with Crippen molar-refractivity contribution < 1.29 is 19.1 Å². The lowest BCUT2D eigenvalue weighted by atomic mass is 9.92. The fourth-order valence-corrected chi connectivity index (χ4v) is 4.34. The van der Waals surface area contributed by atoms with E-state index in [2.05, 4.69) is 30.1 Å². The van der Waals surface area contributed by atoms with E-state index in [0.29, 0.717) is 37.6 Å². The van der Waals surface area contributed by atoms with Crippen LogP contribution >= 0.6 is 0 Å². The minimum absolute atomic E-state index is 0.0417. The Morgan fingerprint density at radius 2 is 1.69 bits per heavy atom. The molecule has 1 saturated carbocycles. The molecular formula is C21H42N4O4. The number of hydrazine groups is 2. The summed E-state index contributed by atoms with van der Waals surface area (Å²) in [5, 5.41) is 1.92. The van der Waals surface area contributed by atoms with E-state index in [4.69, 9.17) is 9.47 Å². The van der Waals surface area contributed by atoms with Gasteiger partial charge >= 0.3 is 11.9 Å². The van der Waals surface area contributed by atoms with Crippen LogP contribution in [0.5, 0.6) is 0 Å². The van der Waals surface area contributed by atoms with Crippen LogP contribution in [0.2, 0.25) is 0 Å². The number of nitrogens with one attached hydrogen (secondary N) is 3. The number of rotatable bonds is 5. The van der Waals surface area contributed by atoms with Gasteiger partial charge in [0, 0.05) is 31.6 Å². The van der Waals surface area contributed by atoms with Crippen LogP contribution in [0, 0.1) is 17.8 Å². The Balaban J connectivity index is 0.000000268. The molecule has 0 spiro atoms. The number of fused-ring (bicyclic) bond motifs is 1. The van der Waals surface area contributed by atoms with Crippen LogP contribution in [-0.2, 0) is 19.1 Å². The second-order valence-electron chi connectivity index (χ2n) is 7.79. The predicted octanol–water partition coefficient (Wildman–Crippen LogP) is 1.86. The molecule has 3 N–H and O–H groups in total. The van der Waals surface area contributed by atoms with Gasteiger partial charge in [0.25, 0.3) is 0 Å². The molecule has 2 aliphatic heterocycles. The van der Waals surface area contributed by atoms with E-state index in [1.54, 1.807) is 0 Å². The Bertz CT molecular complexity index is 503. The maximum absolute atomic E-state index is 11.7. The molecule has 3 rings (SSSR count). The van der Waals surface area contributed by atoms with Crippen LogP contribution in [0.1, 0.15) is 60.8 Å². The number of carbonyl (C=O) groups is 2. The maximum Gasteiger partial charge on any atom is 0.325 e. The molecular weight excluding hydrogens is 372 g/mol. The van der Waals surface area contributed by atoms with Gasteiger partial charge < -0.3 is 9.47 Å². The lowest BCUT2D eigenvalue weighted by molar-refractivity contribution is -0.150. The molecule has 29 heavy (non-hydrogen) atoms. The van der Waals surface area contributed by atoms with Gasteiger partial charge in [-0.05, 0) is 32.6 Å². The summed E-state index contributed by atoms with van der Waals surface area (Å²) in [6.45, 7) is 13.5. The monoisotopic (exact) mass is 414 g/mol. The SMILES string of the molecule is CC.CCOC(=O)C1C2CCCC2NN1C.CCOC(=O)C1CNNC1C(C)C. The molecule has 5 unspecified atom stereocenters. The van der Waals surface area contributed by atoms with E-state index in [1.807, 2.05) is 39.8 Å². The van der Waals surface area contributed by atoms with Crippen molar-refractivity contribution >= 4 is 11.9 Å². The highest BCUT2D eigenvalue weighted by Gasteiger charge is 2.46. The van der Waals surface area contributed by atoms with Gasteiger partial charge in [0.15, 0.2) is 0 Å². The number of carbonyl (C=O) groups excluding carboxylic acids is 2. The minimum atomic E-state index is -0.0984. The van der Waals surface area contributed by atoms with Crippen LogP contribution in [0.25, 0.3) is 0 Å². The number of nitrogens with zero attached hydrogens (tertiary/aromatic N) is 1. The normalized spacial score (nSPS) is 30.7. The number of hydrogen-bond donors (Lipinski definition) is 3. The standard InChI is InChI=1S/C10H18N2O2.C9H18N2O2.C2H6/c1-3-14-10(13)9-7-5-4-6-8(7)11-12(9)2;1-4-13-9(12)7-5-10-11-8(7)6(2)3;1-2/h7-9,11H,3-6H2,1-2H3;6-8,10-11H,4-5H2,1-3H3;1-2H3. The van der Waals surface area contributed by atoms with Crippen molar-refractivity contribution in [3.05, 3.63) is 0 Å². The summed E-state index contributed by atoms with van der Waals surface area (Å²) >= 11 is 0. The van der Waals surface area contributed by atoms with E-state index < -0.39 is 0 Å². The van der Waals surface area contributed by atoms with Crippen molar-refractivity contribution in [3.8, 4) is 0 Å². The van der Waals surface area contributed by atoms with Crippen LogP contribution in [0.4, 0.5) is 0 Å². The van der Waals surface area contributed by atoms with Gasteiger partial charge in [-0.15, -0.1) is 0 Å².